The third kappa shape index (κ3) is 4.78. The lowest BCUT2D eigenvalue weighted by molar-refractivity contribution is 0.00180. The van der Waals surface area contributed by atoms with Gasteiger partial charge in [0.15, 0.2) is 0 Å². The first-order valence-corrected chi connectivity index (χ1v) is 13.3. The maximum atomic E-state index is 13.6. The number of fused-ring (bicyclic) bond motifs is 3. The Morgan fingerprint density at radius 3 is 2.49 bits per heavy atom. The van der Waals surface area contributed by atoms with Gasteiger partial charge in [-0.15, -0.1) is 11.3 Å². The third-order valence-corrected chi connectivity index (χ3v) is 7.75. The Bertz CT molecular complexity index is 1730. The maximum Gasteiger partial charge on any atom is 0.410 e. The van der Waals surface area contributed by atoms with Gasteiger partial charge in [0.2, 0.25) is 0 Å². The molecule has 0 radical (unpaired) electrons. The minimum atomic E-state index is -1.08. The zero-order chi connectivity index (χ0) is 26.9. The second-order valence-electron chi connectivity index (χ2n) is 9.34. The summed E-state index contributed by atoms with van der Waals surface area (Å²) in [6.45, 7) is 0.0662. The number of aromatic nitrogens is 1. The lowest BCUT2D eigenvalue weighted by Gasteiger charge is -2.17. The number of hydrogen-bond acceptors (Lipinski definition) is 7. The Labute approximate surface area is 227 Å². The van der Waals surface area contributed by atoms with E-state index in [2.05, 4.69) is 0 Å². The van der Waals surface area contributed by atoms with Crippen LogP contribution in [0.15, 0.2) is 95.2 Å². The molecule has 0 bridgehead atoms. The van der Waals surface area contributed by atoms with Crippen LogP contribution in [0.3, 0.4) is 0 Å². The van der Waals surface area contributed by atoms with E-state index in [0.717, 1.165) is 15.6 Å². The van der Waals surface area contributed by atoms with Crippen molar-refractivity contribution in [3.63, 3.8) is 0 Å². The number of esters is 1. The number of hydrogen-bond donors (Lipinski definition) is 1. The van der Waals surface area contributed by atoms with Gasteiger partial charge in [-0.2, -0.15) is 0 Å². The minimum absolute atomic E-state index is 0.00873. The average molecular weight is 541 g/mol. The number of benzene rings is 2. The standard InChI is InChI=1S/C30H24N2O6S/c33-24-16-31(30(36)37-18-19-7-3-1-4-8-19)17-25(24)38-29(35)23-15-22(20-9-5-2-6-10-20)28(34)32-13-11-21-12-14-39-27(21)26(23)32/h1-15,24-25,33H,16-18H2. The van der Waals surface area contributed by atoms with Crippen molar-refractivity contribution >= 4 is 39.0 Å². The quantitative estimate of drug-likeness (QED) is 0.324. The molecule has 39 heavy (non-hydrogen) atoms. The van der Waals surface area contributed by atoms with E-state index < -0.39 is 24.3 Å². The molecule has 8 nitrogen and oxygen atoms in total. The van der Waals surface area contributed by atoms with Crippen LogP contribution in [0.1, 0.15) is 15.9 Å². The Morgan fingerprint density at radius 2 is 1.72 bits per heavy atom. The molecule has 1 saturated heterocycles. The Hall–Kier alpha value is -4.47. The van der Waals surface area contributed by atoms with Crippen LogP contribution in [0.25, 0.3) is 26.7 Å². The number of thiophene rings is 1. The number of likely N-dealkylation sites (tertiary alicyclic amines) is 1. The average Bonchev–Trinajstić information content (AvgIpc) is 3.59. The molecule has 2 aromatic carbocycles. The monoisotopic (exact) mass is 540 g/mol. The van der Waals surface area contributed by atoms with Gasteiger partial charge in [-0.25, -0.2) is 9.59 Å². The molecular weight excluding hydrogens is 516 g/mol. The molecule has 0 saturated carbocycles. The fourth-order valence-electron chi connectivity index (χ4n) is 4.82. The molecule has 3 aromatic heterocycles. The van der Waals surface area contributed by atoms with Gasteiger partial charge >= 0.3 is 12.1 Å². The molecule has 0 aliphatic carbocycles. The lowest BCUT2D eigenvalue weighted by atomic mass is 10.0. The van der Waals surface area contributed by atoms with Gasteiger partial charge in [0, 0.05) is 11.8 Å². The molecule has 5 aromatic rings. The molecule has 1 amide bonds. The SMILES string of the molecule is O=C(OC1CN(C(=O)OCc2ccccc2)CC1O)c1cc(-c2ccccc2)c(=O)n2ccc3ccsc3c12. The summed E-state index contributed by atoms with van der Waals surface area (Å²) in [7, 11) is 0. The Balaban J connectivity index is 1.29. The van der Waals surface area contributed by atoms with Gasteiger partial charge in [0.25, 0.3) is 5.56 Å². The van der Waals surface area contributed by atoms with Crippen LogP contribution in [0.5, 0.6) is 0 Å². The van der Waals surface area contributed by atoms with E-state index in [1.165, 1.54) is 20.6 Å². The summed E-state index contributed by atoms with van der Waals surface area (Å²) in [4.78, 5) is 41.0. The first-order chi connectivity index (χ1) is 19.0. The highest BCUT2D eigenvalue weighted by molar-refractivity contribution is 7.18. The maximum absolute atomic E-state index is 13.6. The van der Waals surface area contributed by atoms with Crippen molar-refractivity contribution in [1.82, 2.24) is 9.30 Å². The first kappa shape index (κ1) is 24.8. The summed E-state index contributed by atoms with van der Waals surface area (Å²) in [5.74, 6) is -0.686. The Kier molecular flexibility index (Phi) is 6.60. The molecule has 0 spiro atoms. The largest absolute Gasteiger partial charge is 0.454 e. The van der Waals surface area contributed by atoms with Crippen molar-refractivity contribution in [1.29, 1.82) is 0 Å². The van der Waals surface area contributed by atoms with E-state index in [4.69, 9.17) is 9.47 Å². The molecule has 2 unspecified atom stereocenters. The van der Waals surface area contributed by atoms with E-state index in [1.807, 2.05) is 78.2 Å². The number of aliphatic hydroxyl groups is 1. The minimum Gasteiger partial charge on any atom is -0.454 e. The van der Waals surface area contributed by atoms with Gasteiger partial charge in [-0.3, -0.25) is 9.20 Å². The lowest BCUT2D eigenvalue weighted by Crippen LogP contribution is -2.32. The zero-order valence-electron chi connectivity index (χ0n) is 20.7. The normalized spacial score (nSPS) is 17.0. The molecule has 2 atom stereocenters. The summed E-state index contributed by atoms with van der Waals surface area (Å²) in [5.41, 5.74) is 2.27. The van der Waals surface area contributed by atoms with Crippen molar-refractivity contribution in [3.05, 3.63) is 112 Å². The fourth-order valence-corrected chi connectivity index (χ4v) is 5.76. The van der Waals surface area contributed by atoms with Crippen LogP contribution in [-0.2, 0) is 16.1 Å². The van der Waals surface area contributed by atoms with Crippen LogP contribution in [0, 0.1) is 0 Å². The molecule has 6 rings (SSSR count). The van der Waals surface area contributed by atoms with E-state index in [1.54, 1.807) is 12.3 Å². The number of pyridine rings is 2. The molecule has 1 N–H and O–H groups in total. The summed E-state index contributed by atoms with van der Waals surface area (Å²) in [6.07, 6.45) is -0.965. The summed E-state index contributed by atoms with van der Waals surface area (Å²) >= 11 is 1.42. The number of aliphatic hydroxyl groups excluding tert-OH is 1. The summed E-state index contributed by atoms with van der Waals surface area (Å²) in [5, 5.41) is 13.4. The van der Waals surface area contributed by atoms with Gasteiger partial charge in [-0.05, 0) is 40.1 Å². The predicted octanol–water partition coefficient (Wildman–Crippen LogP) is 4.72. The van der Waals surface area contributed by atoms with Crippen molar-refractivity contribution < 1.29 is 24.2 Å². The Morgan fingerprint density at radius 1 is 0.974 bits per heavy atom. The molecule has 1 fully saturated rings. The van der Waals surface area contributed by atoms with E-state index in [9.17, 15) is 19.5 Å². The van der Waals surface area contributed by atoms with Crippen LogP contribution in [-0.4, -0.2) is 51.8 Å². The number of nitrogens with zero attached hydrogens (tertiary/aromatic N) is 2. The van der Waals surface area contributed by atoms with Crippen molar-refractivity contribution in [2.24, 2.45) is 0 Å². The van der Waals surface area contributed by atoms with Crippen LogP contribution < -0.4 is 5.56 Å². The summed E-state index contributed by atoms with van der Waals surface area (Å²) in [6, 6.07) is 23.7. The van der Waals surface area contributed by atoms with Crippen molar-refractivity contribution in [2.75, 3.05) is 13.1 Å². The van der Waals surface area contributed by atoms with Gasteiger partial charge in [0.1, 0.15) is 18.8 Å². The smallest absolute Gasteiger partial charge is 0.410 e. The number of β-amino-alcohol motifs (C(OH)–C–C–N with tert-alkyl or cyclic N) is 1. The highest BCUT2D eigenvalue weighted by Gasteiger charge is 2.38. The van der Waals surface area contributed by atoms with E-state index in [-0.39, 0.29) is 30.8 Å². The van der Waals surface area contributed by atoms with Crippen LogP contribution in [0.4, 0.5) is 4.79 Å². The van der Waals surface area contributed by atoms with E-state index >= 15 is 0 Å². The number of carbonyl (C=O) groups excluding carboxylic acids is 2. The number of amides is 1. The molecule has 4 heterocycles. The molecule has 1 aliphatic heterocycles. The summed E-state index contributed by atoms with van der Waals surface area (Å²) < 4.78 is 13.4. The van der Waals surface area contributed by atoms with Crippen molar-refractivity contribution in [3.8, 4) is 11.1 Å². The van der Waals surface area contributed by atoms with Gasteiger partial charge in [-0.1, -0.05) is 60.7 Å². The van der Waals surface area contributed by atoms with Gasteiger partial charge in [0.05, 0.1) is 28.9 Å². The highest BCUT2D eigenvalue weighted by atomic mass is 32.1. The second-order valence-corrected chi connectivity index (χ2v) is 10.3. The molecule has 196 valence electrons. The van der Waals surface area contributed by atoms with Crippen LogP contribution in [0.2, 0.25) is 0 Å². The third-order valence-electron chi connectivity index (χ3n) is 6.81. The fraction of sp³-hybridized carbons (Fsp3) is 0.167. The zero-order valence-corrected chi connectivity index (χ0v) is 21.5. The van der Waals surface area contributed by atoms with E-state index in [0.29, 0.717) is 16.6 Å². The van der Waals surface area contributed by atoms with Gasteiger partial charge < -0.3 is 19.5 Å². The predicted molar refractivity (Wildman–Crippen MR) is 148 cm³/mol. The molecule has 1 aliphatic rings. The highest BCUT2D eigenvalue weighted by Crippen LogP contribution is 2.30. The molecular formula is C30H24N2O6S. The van der Waals surface area contributed by atoms with Crippen molar-refractivity contribution in [2.45, 2.75) is 18.8 Å². The topological polar surface area (TPSA) is 97.6 Å². The number of rotatable bonds is 5. The number of carbonyl (C=O) groups is 2. The second kappa shape index (κ2) is 10.4. The first-order valence-electron chi connectivity index (χ1n) is 12.5. The molecule has 9 heteroatoms. The van der Waals surface area contributed by atoms with Crippen LogP contribution >= 0.6 is 11.3 Å². The number of ether oxygens (including phenoxy) is 2.